The highest BCUT2D eigenvalue weighted by molar-refractivity contribution is 5.76. The molecule has 1 amide bonds. The van der Waals surface area contributed by atoms with Gasteiger partial charge in [-0.25, -0.2) is 0 Å². The van der Waals surface area contributed by atoms with E-state index in [0.29, 0.717) is 24.6 Å². The van der Waals surface area contributed by atoms with Crippen LogP contribution >= 0.6 is 0 Å². The molecule has 0 radical (unpaired) electrons. The second-order valence-electron chi connectivity index (χ2n) is 5.82. The lowest BCUT2D eigenvalue weighted by atomic mass is 9.99. The SMILES string of the molecule is CC1CCN(C(=O)CCc2nc(-c3cccnc3)no2)CC1. The van der Waals surface area contributed by atoms with Gasteiger partial charge in [-0.05, 0) is 30.9 Å². The zero-order valence-electron chi connectivity index (χ0n) is 12.7. The van der Waals surface area contributed by atoms with Gasteiger partial charge in [0.05, 0.1) is 0 Å². The van der Waals surface area contributed by atoms with Crippen LogP contribution in [0.2, 0.25) is 0 Å². The van der Waals surface area contributed by atoms with E-state index in [9.17, 15) is 4.79 Å². The minimum atomic E-state index is 0.174. The number of nitrogens with zero attached hydrogens (tertiary/aromatic N) is 4. The van der Waals surface area contributed by atoms with E-state index in [-0.39, 0.29) is 5.91 Å². The summed E-state index contributed by atoms with van der Waals surface area (Å²) >= 11 is 0. The van der Waals surface area contributed by atoms with Crippen molar-refractivity contribution < 1.29 is 9.32 Å². The smallest absolute Gasteiger partial charge is 0.227 e. The number of aryl methyl sites for hydroxylation is 1. The molecule has 1 aliphatic rings. The third-order valence-corrected chi connectivity index (χ3v) is 4.08. The Labute approximate surface area is 129 Å². The number of pyridine rings is 1. The molecule has 0 aliphatic carbocycles. The summed E-state index contributed by atoms with van der Waals surface area (Å²) in [4.78, 5) is 22.5. The number of piperidine rings is 1. The first-order chi connectivity index (χ1) is 10.7. The van der Waals surface area contributed by atoms with E-state index in [1.807, 2.05) is 17.0 Å². The van der Waals surface area contributed by atoms with Gasteiger partial charge in [-0.3, -0.25) is 9.78 Å². The fraction of sp³-hybridized carbons (Fsp3) is 0.500. The van der Waals surface area contributed by atoms with Crippen LogP contribution in [0.3, 0.4) is 0 Å². The summed E-state index contributed by atoms with van der Waals surface area (Å²) in [6.07, 6.45) is 6.48. The molecule has 0 unspecified atom stereocenters. The largest absolute Gasteiger partial charge is 0.343 e. The van der Waals surface area contributed by atoms with Crippen molar-refractivity contribution in [2.45, 2.75) is 32.6 Å². The number of carbonyl (C=O) groups is 1. The number of carbonyl (C=O) groups excluding carboxylic acids is 1. The van der Waals surface area contributed by atoms with Gasteiger partial charge in [0.1, 0.15) is 0 Å². The molecule has 0 N–H and O–H groups in total. The molecule has 1 saturated heterocycles. The summed E-state index contributed by atoms with van der Waals surface area (Å²) in [5, 5.41) is 3.94. The van der Waals surface area contributed by atoms with Gasteiger partial charge in [-0.15, -0.1) is 0 Å². The molecule has 0 saturated carbocycles. The van der Waals surface area contributed by atoms with E-state index < -0.39 is 0 Å². The summed E-state index contributed by atoms with van der Waals surface area (Å²) in [6.45, 7) is 3.97. The minimum Gasteiger partial charge on any atom is -0.343 e. The Balaban J connectivity index is 1.54. The summed E-state index contributed by atoms with van der Waals surface area (Å²) < 4.78 is 5.21. The molecule has 6 nitrogen and oxygen atoms in total. The highest BCUT2D eigenvalue weighted by atomic mass is 16.5. The monoisotopic (exact) mass is 300 g/mol. The van der Waals surface area contributed by atoms with Gasteiger partial charge >= 0.3 is 0 Å². The molecule has 3 heterocycles. The molecule has 0 atom stereocenters. The summed E-state index contributed by atoms with van der Waals surface area (Å²) in [5.41, 5.74) is 0.814. The number of rotatable bonds is 4. The van der Waals surface area contributed by atoms with Gasteiger partial charge < -0.3 is 9.42 Å². The Morgan fingerprint density at radius 3 is 2.95 bits per heavy atom. The number of aromatic nitrogens is 3. The highest BCUT2D eigenvalue weighted by Gasteiger charge is 2.20. The maximum atomic E-state index is 12.2. The van der Waals surface area contributed by atoms with Gasteiger partial charge in [0, 0.05) is 43.9 Å². The third-order valence-electron chi connectivity index (χ3n) is 4.08. The van der Waals surface area contributed by atoms with Crippen LogP contribution in [0.5, 0.6) is 0 Å². The Kier molecular flexibility index (Phi) is 4.46. The molecule has 2 aromatic rings. The maximum Gasteiger partial charge on any atom is 0.227 e. The quantitative estimate of drug-likeness (QED) is 0.866. The topological polar surface area (TPSA) is 72.1 Å². The molecule has 0 bridgehead atoms. The molecule has 6 heteroatoms. The number of hydrogen-bond acceptors (Lipinski definition) is 5. The Morgan fingerprint density at radius 2 is 2.23 bits per heavy atom. The van der Waals surface area contributed by atoms with Crippen molar-refractivity contribution in [3.63, 3.8) is 0 Å². The van der Waals surface area contributed by atoms with E-state index in [0.717, 1.165) is 37.4 Å². The van der Waals surface area contributed by atoms with Crippen molar-refractivity contribution in [2.24, 2.45) is 5.92 Å². The predicted octanol–water partition coefficient (Wildman–Crippen LogP) is 2.32. The van der Waals surface area contributed by atoms with Crippen LogP contribution in [0, 0.1) is 5.92 Å². The summed E-state index contributed by atoms with van der Waals surface area (Å²) in [6, 6.07) is 3.70. The van der Waals surface area contributed by atoms with Crippen LogP contribution in [-0.4, -0.2) is 39.0 Å². The van der Waals surface area contributed by atoms with Gasteiger partial charge in [0.25, 0.3) is 0 Å². The maximum absolute atomic E-state index is 12.2. The lowest BCUT2D eigenvalue weighted by molar-refractivity contribution is -0.132. The van der Waals surface area contributed by atoms with E-state index in [1.165, 1.54) is 0 Å². The second-order valence-corrected chi connectivity index (χ2v) is 5.82. The van der Waals surface area contributed by atoms with Gasteiger partial charge in [-0.1, -0.05) is 12.1 Å². The number of amides is 1. The lowest BCUT2D eigenvalue weighted by Gasteiger charge is -2.30. The average molecular weight is 300 g/mol. The van der Waals surface area contributed by atoms with E-state index in [1.54, 1.807) is 12.4 Å². The van der Waals surface area contributed by atoms with E-state index >= 15 is 0 Å². The highest BCUT2D eigenvalue weighted by Crippen LogP contribution is 2.18. The van der Waals surface area contributed by atoms with Crippen LogP contribution in [-0.2, 0) is 11.2 Å². The summed E-state index contributed by atoms with van der Waals surface area (Å²) in [7, 11) is 0. The first kappa shape index (κ1) is 14.7. The molecule has 0 spiro atoms. The van der Waals surface area contributed by atoms with Crippen molar-refractivity contribution in [2.75, 3.05) is 13.1 Å². The standard InChI is InChI=1S/C16H20N4O2/c1-12-6-9-20(10-7-12)15(21)5-4-14-18-16(19-22-14)13-3-2-8-17-11-13/h2-3,8,11-12H,4-7,9-10H2,1H3. The molecule has 0 aromatic carbocycles. The van der Waals surface area contributed by atoms with Crippen molar-refractivity contribution in [3.8, 4) is 11.4 Å². The molecule has 1 fully saturated rings. The molecular formula is C16H20N4O2. The minimum absolute atomic E-state index is 0.174. The fourth-order valence-electron chi connectivity index (χ4n) is 2.60. The van der Waals surface area contributed by atoms with Crippen LogP contribution in [0.4, 0.5) is 0 Å². The van der Waals surface area contributed by atoms with Crippen molar-refractivity contribution in [1.29, 1.82) is 0 Å². The second kappa shape index (κ2) is 6.68. The van der Waals surface area contributed by atoms with Crippen LogP contribution in [0.25, 0.3) is 11.4 Å². The number of likely N-dealkylation sites (tertiary alicyclic amines) is 1. The van der Waals surface area contributed by atoms with Crippen molar-refractivity contribution in [3.05, 3.63) is 30.4 Å². The molecular weight excluding hydrogens is 280 g/mol. The zero-order chi connectivity index (χ0) is 15.4. The molecule has 3 rings (SSSR count). The lowest BCUT2D eigenvalue weighted by Crippen LogP contribution is -2.38. The van der Waals surface area contributed by atoms with E-state index in [2.05, 4.69) is 22.0 Å². The van der Waals surface area contributed by atoms with Gasteiger partial charge in [-0.2, -0.15) is 4.98 Å². The first-order valence-electron chi connectivity index (χ1n) is 7.73. The normalized spacial score (nSPS) is 16.0. The van der Waals surface area contributed by atoms with Crippen molar-refractivity contribution >= 4 is 5.91 Å². The predicted molar refractivity (Wildman–Crippen MR) is 80.8 cm³/mol. The Morgan fingerprint density at radius 1 is 1.41 bits per heavy atom. The Bertz CT molecular complexity index is 618. The summed E-state index contributed by atoms with van der Waals surface area (Å²) in [5.74, 6) is 1.91. The number of hydrogen-bond donors (Lipinski definition) is 0. The van der Waals surface area contributed by atoms with Gasteiger partial charge in [0.15, 0.2) is 0 Å². The molecule has 116 valence electrons. The Hall–Kier alpha value is -2.24. The van der Waals surface area contributed by atoms with E-state index in [4.69, 9.17) is 4.52 Å². The van der Waals surface area contributed by atoms with Gasteiger partial charge in [0.2, 0.25) is 17.6 Å². The zero-order valence-corrected chi connectivity index (χ0v) is 12.7. The van der Waals surface area contributed by atoms with Crippen molar-refractivity contribution in [1.82, 2.24) is 20.0 Å². The average Bonchev–Trinajstić information content (AvgIpc) is 3.03. The first-order valence-corrected chi connectivity index (χ1v) is 7.73. The van der Waals surface area contributed by atoms with Crippen LogP contribution in [0.1, 0.15) is 32.1 Å². The fourth-order valence-corrected chi connectivity index (χ4v) is 2.60. The molecule has 22 heavy (non-hydrogen) atoms. The van der Waals surface area contributed by atoms with Crippen LogP contribution < -0.4 is 0 Å². The third kappa shape index (κ3) is 3.50. The molecule has 1 aliphatic heterocycles. The van der Waals surface area contributed by atoms with Crippen LogP contribution in [0.15, 0.2) is 29.0 Å². The molecule has 2 aromatic heterocycles.